The Hall–Kier alpha value is -1.72. The highest BCUT2D eigenvalue weighted by molar-refractivity contribution is 5.88. The first-order valence-electron chi connectivity index (χ1n) is 10.1. The second-order valence-corrected chi connectivity index (χ2v) is 7.59. The van der Waals surface area contributed by atoms with E-state index in [4.69, 9.17) is 9.97 Å². The Morgan fingerprint density at radius 2 is 1.88 bits per heavy atom. The lowest BCUT2D eigenvalue weighted by atomic mass is 9.89. The molecule has 0 aliphatic heterocycles. The highest BCUT2D eigenvalue weighted by Gasteiger charge is 2.16. The van der Waals surface area contributed by atoms with Crippen LogP contribution in [0.25, 0.3) is 10.9 Å². The van der Waals surface area contributed by atoms with Crippen LogP contribution in [-0.4, -0.2) is 48.6 Å². The minimum absolute atomic E-state index is 0.812. The van der Waals surface area contributed by atoms with E-state index in [-0.39, 0.29) is 0 Å². The molecule has 0 radical (unpaired) electrons. The molecular formula is C21H33N5. The summed E-state index contributed by atoms with van der Waals surface area (Å²) in [5.41, 5.74) is 1.03. The van der Waals surface area contributed by atoms with Gasteiger partial charge in [0.15, 0.2) is 0 Å². The molecule has 0 spiro atoms. The van der Waals surface area contributed by atoms with Crippen molar-refractivity contribution in [3.05, 3.63) is 30.1 Å². The van der Waals surface area contributed by atoms with Crippen molar-refractivity contribution in [2.75, 3.05) is 39.0 Å². The van der Waals surface area contributed by atoms with Gasteiger partial charge in [-0.25, -0.2) is 9.97 Å². The number of nitrogens with zero attached hydrogens (tertiary/aromatic N) is 3. The number of fused-ring (bicyclic) bond motifs is 1. The minimum Gasteiger partial charge on any atom is -0.369 e. The number of aromatic nitrogens is 2. The number of benzene rings is 1. The molecule has 0 saturated heterocycles. The van der Waals surface area contributed by atoms with Crippen LogP contribution < -0.4 is 10.6 Å². The molecule has 2 aromatic rings. The summed E-state index contributed by atoms with van der Waals surface area (Å²) in [6.07, 6.45) is 8.03. The molecule has 5 heteroatoms. The normalized spacial score (nSPS) is 15.7. The van der Waals surface area contributed by atoms with Crippen LogP contribution in [0.2, 0.25) is 0 Å². The van der Waals surface area contributed by atoms with E-state index < -0.39 is 0 Å². The van der Waals surface area contributed by atoms with Gasteiger partial charge in [0.1, 0.15) is 11.6 Å². The molecule has 1 aromatic heterocycles. The summed E-state index contributed by atoms with van der Waals surface area (Å²) < 4.78 is 0. The van der Waals surface area contributed by atoms with Crippen LogP contribution in [-0.2, 0) is 6.54 Å². The third-order valence-corrected chi connectivity index (χ3v) is 5.25. The molecule has 2 N–H and O–H groups in total. The predicted octanol–water partition coefficient (Wildman–Crippen LogP) is 3.66. The molecule has 1 aromatic carbocycles. The number of hydrogen-bond acceptors (Lipinski definition) is 5. The van der Waals surface area contributed by atoms with Gasteiger partial charge in [-0.3, -0.25) is 4.90 Å². The van der Waals surface area contributed by atoms with Crippen LogP contribution >= 0.6 is 0 Å². The van der Waals surface area contributed by atoms with Crippen molar-refractivity contribution in [1.82, 2.24) is 20.2 Å². The highest BCUT2D eigenvalue weighted by Crippen LogP contribution is 2.25. The fraction of sp³-hybridized carbons (Fsp3) is 0.619. The van der Waals surface area contributed by atoms with Gasteiger partial charge in [-0.15, -0.1) is 0 Å². The summed E-state index contributed by atoms with van der Waals surface area (Å²) in [6.45, 7) is 3.89. The molecule has 26 heavy (non-hydrogen) atoms. The Morgan fingerprint density at radius 1 is 1.08 bits per heavy atom. The lowest BCUT2D eigenvalue weighted by Crippen LogP contribution is -2.27. The number of rotatable bonds is 9. The van der Waals surface area contributed by atoms with Gasteiger partial charge < -0.3 is 10.6 Å². The topological polar surface area (TPSA) is 53.1 Å². The zero-order chi connectivity index (χ0) is 18.2. The molecule has 1 aliphatic rings. The lowest BCUT2D eigenvalue weighted by molar-refractivity contribution is 0.224. The first-order chi connectivity index (χ1) is 12.8. The Balaban J connectivity index is 1.68. The molecule has 0 unspecified atom stereocenters. The molecule has 0 bridgehead atoms. The van der Waals surface area contributed by atoms with Crippen LogP contribution in [0.1, 0.15) is 44.3 Å². The fourth-order valence-corrected chi connectivity index (χ4v) is 3.92. The molecule has 1 heterocycles. The Labute approximate surface area is 157 Å². The highest BCUT2D eigenvalue weighted by atomic mass is 15.1. The first-order valence-corrected chi connectivity index (χ1v) is 10.1. The fourth-order valence-electron chi connectivity index (χ4n) is 3.92. The Kier molecular flexibility index (Phi) is 7.21. The van der Waals surface area contributed by atoms with Crippen molar-refractivity contribution >= 4 is 16.7 Å². The van der Waals surface area contributed by atoms with Crippen molar-refractivity contribution in [2.45, 2.75) is 45.1 Å². The van der Waals surface area contributed by atoms with Crippen LogP contribution in [0.15, 0.2) is 24.3 Å². The Bertz CT molecular complexity index is 681. The van der Waals surface area contributed by atoms with E-state index in [0.717, 1.165) is 61.1 Å². The molecule has 1 fully saturated rings. The van der Waals surface area contributed by atoms with Gasteiger partial charge in [-0.05, 0) is 58.0 Å². The quantitative estimate of drug-likeness (QED) is 0.672. The summed E-state index contributed by atoms with van der Waals surface area (Å²) in [5, 5.41) is 7.80. The SMILES string of the molecule is CNCCCNc1nc(CN(C)CC2CCCCC2)nc2ccccc12. The number of para-hydroxylation sites is 1. The van der Waals surface area contributed by atoms with E-state index in [1.807, 2.05) is 7.05 Å². The molecular weight excluding hydrogens is 322 g/mol. The van der Waals surface area contributed by atoms with Gasteiger partial charge in [0, 0.05) is 18.5 Å². The molecule has 142 valence electrons. The summed E-state index contributed by atoms with van der Waals surface area (Å²) in [7, 11) is 4.19. The zero-order valence-electron chi connectivity index (χ0n) is 16.3. The number of anilines is 1. The summed E-state index contributed by atoms with van der Waals surface area (Å²) in [6, 6.07) is 8.29. The third kappa shape index (κ3) is 5.39. The van der Waals surface area contributed by atoms with E-state index >= 15 is 0 Å². The zero-order valence-corrected chi connectivity index (χ0v) is 16.3. The maximum atomic E-state index is 4.85. The van der Waals surface area contributed by atoms with Crippen LogP contribution in [0.5, 0.6) is 0 Å². The van der Waals surface area contributed by atoms with Crippen molar-refractivity contribution < 1.29 is 0 Å². The van der Waals surface area contributed by atoms with Gasteiger partial charge >= 0.3 is 0 Å². The second-order valence-electron chi connectivity index (χ2n) is 7.59. The van der Waals surface area contributed by atoms with Crippen molar-refractivity contribution in [3.8, 4) is 0 Å². The summed E-state index contributed by atoms with van der Waals surface area (Å²) >= 11 is 0. The van der Waals surface area contributed by atoms with E-state index in [0.29, 0.717) is 0 Å². The van der Waals surface area contributed by atoms with Gasteiger partial charge in [0.2, 0.25) is 0 Å². The van der Waals surface area contributed by atoms with Crippen molar-refractivity contribution in [3.63, 3.8) is 0 Å². The first kappa shape index (κ1) is 19.1. The molecule has 1 aliphatic carbocycles. The average molecular weight is 356 g/mol. The number of hydrogen-bond donors (Lipinski definition) is 2. The second kappa shape index (κ2) is 9.83. The van der Waals surface area contributed by atoms with Crippen molar-refractivity contribution in [2.24, 2.45) is 5.92 Å². The third-order valence-electron chi connectivity index (χ3n) is 5.25. The van der Waals surface area contributed by atoms with Gasteiger partial charge in [-0.2, -0.15) is 0 Å². The van der Waals surface area contributed by atoms with Crippen LogP contribution in [0.3, 0.4) is 0 Å². The van der Waals surface area contributed by atoms with Crippen LogP contribution in [0.4, 0.5) is 5.82 Å². The minimum atomic E-state index is 0.812. The van der Waals surface area contributed by atoms with Crippen molar-refractivity contribution in [1.29, 1.82) is 0 Å². The molecule has 0 atom stereocenters. The van der Waals surface area contributed by atoms with E-state index in [9.17, 15) is 0 Å². The average Bonchev–Trinajstić information content (AvgIpc) is 2.66. The Morgan fingerprint density at radius 3 is 2.69 bits per heavy atom. The molecule has 5 nitrogen and oxygen atoms in total. The summed E-state index contributed by atoms with van der Waals surface area (Å²) in [5.74, 6) is 2.72. The smallest absolute Gasteiger partial charge is 0.145 e. The van der Waals surface area contributed by atoms with E-state index in [2.05, 4.69) is 46.8 Å². The van der Waals surface area contributed by atoms with E-state index in [1.54, 1.807) is 0 Å². The largest absolute Gasteiger partial charge is 0.369 e. The van der Waals surface area contributed by atoms with Gasteiger partial charge in [0.05, 0.1) is 12.1 Å². The standard InChI is InChI=1S/C21H33N5/c1-22-13-8-14-23-21-18-11-6-7-12-19(18)24-20(25-21)16-26(2)15-17-9-4-3-5-10-17/h6-7,11-12,17,22H,3-5,8-10,13-16H2,1-2H3,(H,23,24,25). The van der Waals surface area contributed by atoms with Gasteiger partial charge in [0.25, 0.3) is 0 Å². The lowest BCUT2D eigenvalue weighted by Gasteiger charge is -2.26. The monoisotopic (exact) mass is 355 g/mol. The maximum absolute atomic E-state index is 4.85. The maximum Gasteiger partial charge on any atom is 0.145 e. The van der Waals surface area contributed by atoms with Crippen LogP contribution in [0, 0.1) is 5.92 Å². The van der Waals surface area contributed by atoms with Gasteiger partial charge in [-0.1, -0.05) is 31.4 Å². The van der Waals surface area contributed by atoms with E-state index in [1.165, 1.54) is 32.1 Å². The molecule has 0 amide bonds. The number of nitrogens with one attached hydrogen (secondary N) is 2. The molecule has 1 saturated carbocycles. The predicted molar refractivity (Wildman–Crippen MR) is 109 cm³/mol. The summed E-state index contributed by atoms with van der Waals surface area (Å²) in [4.78, 5) is 12.0. The molecule has 3 rings (SSSR count).